The number of amidine groups is 2. The molecular formula is C22H42CoN4O4. The molecule has 0 saturated carbocycles. The number of hydrogen-bond donors (Lipinski definition) is 2. The van der Waals surface area contributed by atoms with Crippen LogP contribution in [0.3, 0.4) is 0 Å². The normalized spacial score (nSPS) is 13.4. The quantitative estimate of drug-likeness (QED) is 0.458. The first kappa shape index (κ1) is 34.0. The Balaban J connectivity index is -0.000000490. The molecular weight excluding hydrogens is 443 g/mol. The van der Waals surface area contributed by atoms with E-state index in [0.717, 1.165) is 0 Å². The molecule has 1 radical (unpaired) electrons. The van der Waals surface area contributed by atoms with Crippen molar-refractivity contribution in [3.05, 3.63) is 0 Å². The summed E-state index contributed by atoms with van der Waals surface area (Å²) >= 11 is 0. The Morgan fingerprint density at radius 2 is 0.839 bits per heavy atom. The maximum Gasteiger partial charge on any atom is 2.00 e. The van der Waals surface area contributed by atoms with Crippen molar-refractivity contribution in [1.82, 2.24) is 10.6 Å². The van der Waals surface area contributed by atoms with Gasteiger partial charge < -0.3 is 30.4 Å². The summed E-state index contributed by atoms with van der Waals surface area (Å²) in [4.78, 5) is 29.7. The van der Waals surface area contributed by atoms with Gasteiger partial charge >= 0.3 is 16.8 Å². The number of nitrogens with one attached hydrogen (secondary N) is 2. The third-order valence-electron chi connectivity index (χ3n) is 2.60. The van der Waals surface area contributed by atoms with Gasteiger partial charge in [-0.1, -0.05) is 0 Å². The fourth-order valence-electron chi connectivity index (χ4n) is 2.17. The Morgan fingerprint density at radius 1 is 0.613 bits per heavy atom. The van der Waals surface area contributed by atoms with Crippen molar-refractivity contribution in [2.24, 2.45) is 9.98 Å². The molecule has 0 rings (SSSR count). The summed E-state index contributed by atoms with van der Waals surface area (Å²) in [6.07, 6.45) is -0.344. The zero-order valence-corrected chi connectivity index (χ0v) is 22.3. The largest absolute Gasteiger partial charge is 2.00 e. The van der Waals surface area contributed by atoms with Crippen LogP contribution in [0.5, 0.6) is 0 Å². The molecule has 0 aliphatic heterocycles. The molecule has 0 saturated heterocycles. The van der Waals surface area contributed by atoms with Crippen molar-refractivity contribution in [2.75, 3.05) is 0 Å². The Hall–Kier alpha value is -1.61. The van der Waals surface area contributed by atoms with Crippen LogP contribution in [-0.2, 0) is 26.4 Å². The summed E-state index contributed by atoms with van der Waals surface area (Å²) < 4.78 is 0. The third kappa shape index (κ3) is 28.4. The second kappa shape index (κ2) is 13.1. The van der Waals surface area contributed by atoms with Crippen LogP contribution in [0, 0.1) is 0 Å². The molecule has 0 amide bonds. The van der Waals surface area contributed by atoms with Gasteiger partial charge in [0, 0.05) is 35.9 Å². The monoisotopic (exact) mass is 485 g/mol. The molecule has 2 N–H and O–H groups in total. The fourth-order valence-corrected chi connectivity index (χ4v) is 2.17. The van der Waals surface area contributed by atoms with E-state index in [4.69, 9.17) is 0 Å². The van der Waals surface area contributed by atoms with Gasteiger partial charge in [-0.05, 0) is 83.1 Å². The summed E-state index contributed by atoms with van der Waals surface area (Å²) in [6, 6.07) is 0. The average Bonchev–Trinajstić information content (AvgIpc) is 2.27. The molecule has 0 fully saturated rings. The van der Waals surface area contributed by atoms with E-state index >= 15 is 0 Å². The Kier molecular flexibility index (Phi) is 14.3. The molecule has 31 heavy (non-hydrogen) atoms. The van der Waals surface area contributed by atoms with Crippen LogP contribution < -0.4 is 20.8 Å². The number of aliphatic imine (C=N–C) groups is 2. The molecule has 0 aromatic carbocycles. The van der Waals surface area contributed by atoms with E-state index in [-0.39, 0.29) is 51.8 Å². The molecule has 8 nitrogen and oxygen atoms in total. The minimum Gasteiger partial charge on any atom is -0.550 e. The van der Waals surface area contributed by atoms with Gasteiger partial charge in [-0.2, -0.15) is 0 Å². The van der Waals surface area contributed by atoms with Crippen LogP contribution in [0.25, 0.3) is 0 Å². The smallest absolute Gasteiger partial charge is 0.550 e. The van der Waals surface area contributed by atoms with Gasteiger partial charge in [-0.3, -0.25) is 9.98 Å². The topological polar surface area (TPSA) is 129 Å². The predicted molar refractivity (Wildman–Crippen MR) is 119 cm³/mol. The molecule has 0 aliphatic carbocycles. The first-order chi connectivity index (χ1) is 13.0. The first-order valence-corrected chi connectivity index (χ1v) is 10.1. The average molecular weight is 486 g/mol. The maximum atomic E-state index is 10.5. The summed E-state index contributed by atoms with van der Waals surface area (Å²) in [5, 5.41) is 27.2. The van der Waals surface area contributed by atoms with Gasteiger partial charge in [0.15, 0.2) is 0 Å². The van der Waals surface area contributed by atoms with Crippen LogP contribution in [0.4, 0.5) is 0 Å². The van der Waals surface area contributed by atoms with E-state index in [9.17, 15) is 19.8 Å². The molecule has 0 unspecified atom stereocenters. The van der Waals surface area contributed by atoms with Crippen molar-refractivity contribution >= 4 is 23.6 Å². The number of hydrogen-bond acceptors (Lipinski definition) is 6. The number of carbonyl (C=O) groups excluding carboxylic acids is 2. The van der Waals surface area contributed by atoms with E-state index < -0.39 is 11.9 Å². The van der Waals surface area contributed by atoms with E-state index in [1.54, 1.807) is 0 Å². The van der Waals surface area contributed by atoms with E-state index in [1.807, 2.05) is 83.1 Å². The summed E-state index contributed by atoms with van der Waals surface area (Å²) in [5.41, 5.74) is -0.967. The number of rotatable bonds is 4. The molecule has 0 aromatic rings. The van der Waals surface area contributed by atoms with Crippen molar-refractivity contribution in [1.29, 1.82) is 0 Å². The standard InChI is InChI=1S/2C11H22N2O2.Co/c2*1-10(2,3)12-8(7-9(14)15)13-11(4,5)6;/h2*7H2,1-6H3,(H,12,13)(H,14,15);/q;;+2/p-2. The van der Waals surface area contributed by atoms with Gasteiger partial charge in [-0.25, -0.2) is 0 Å². The second-order valence-corrected chi connectivity index (χ2v) is 11.3. The Morgan fingerprint density at radius 3 is 0.968 bits per heavy atom. The Bertz CT molecular complexity index is 576. The maximum absolute atomic E-state index is 10.5. The number of carbonyl (C=O) groups is 2. The molecule has 0 aromatic heterocycles. The SMILES string of the molecule is CC(C)(C)N=C(CC(=O)[O-])NC(C)(C)C.CC(C)(C)N=C(CC(=O)[O-])NC(C)(C)C.[Co+2]. The minimum atomic E-state index is -1.12. The van der Waals surface area contributed by atoms with E-state index in [0.29, 0.717) is 11.7 Å². The van der Waals surface area contributed by atoms with Crippen LogP contribution in [0.2, 0.25) is 0 Å². The van der Waals surface area contributed by atoms with Crippen LogP contribution in [0.1, 0.15) is 95.9 Å². The Labute approximate surface area is 199 Å². The minimum absolute atomic E-state index is 0. The van der Waals surface area contributed by atoms with Gasteiger partial charge in [-0.15, -0.1) is 0 Å². The zero-order chi connectivity index (χ0) is 24.6. The predicted octanol–water partition coefficient (Wildman–Crippen LogP) is 1.42. The van der Waals surface area contributed by atoms with Crippen LogP contribution in [-0.4, -0.2) is 45.8 Å². The summed E-state index contributed by atoms with van der Waals surface area (Å²) in [5.74, 6) is -1.30. The molecule has 0 spiro atoms. The fraction of sp³-hybridized carbons (Fsp3) is 0.818. The summed E-state index contributed by atoms with van der Waals surface area (Å²) in [7, 11) is 0. The number of nitrogens with zero attached hydrogens (tertiary/aromatic N) is 2. The van der Waals surface area contributed by atoms with Crippen molar-refractivity contribution in [3.8, 4) is 0 Å². The zero-order valence-electron chi connectivity index (χ0n) is 21.3. The van der Waals surface area contributed by atoms with Crippen molar-refractivity contribution in [2.45, 2.75) is 118 Å². The van der Waals surface area contributed by atoms with Crippen LogP contribution >= 0.6 is 0 Å². The van der Waals surface area contributed by atoms with E-state index in [1.165, 1.54) is 0 Å². The van der Waals surface area contributed by atoms with Crippen molar-refractivity contribution in [3.63, 3.8) is 0 Å². The van der Waals surface area contributed by atoms with Gasteiger partial charge in [0.1, 0.15) is 11.7 Å². The molecule has 0 aliphatic rings. The number of carboxylic acids is 2. The third-order valence-corrected chi connectivity index (χ3v) is 2.60. The number of aliphatic carboxylic acids is 2. The van der Waals surface area contributed by atoms with Gasteiger partial charge in [0.2, 0.25) is 0 Å². The van der Waals surface area contributed by atoms with Crippen molar-refractivity contribution < 1.29 is 36.6 Å². The molecule has 0 heterocycles. The summed E-state index contributed by atoms with van der Waals surface area (Å²) in [6.45, 7) is 23.3. The molecule has 183 valence electrons. The van der Waals surface area contributed by atoms with Gasteiger partial charge in [0.25, 0.3) is 0 Å². The van der Waals surface area contributed by atoms with Crippen LogP contribution in [0.15, 0.2) is 9.98 Å². The van der Waals surface area contributed by atoms with E-state index in [2.05, 4.69) is 20.6 Å². The number of carboxylic acid groups (broad SMARTS) is 2. The molecule has 0 bridgehead atoms. The second-order valence-electron chi connectivity index (χ2n) is 11.3. The van der Waals surface area contributed by atoms with Gasteiger partial charge in [0.05, 0.1) is 11.1 Å². The first-order valence-electron chi connectivity index (χ1n) is 10.1. The molecule has 0 atom stereocenters. The molecule has 9 heteroatoms.